The normalized spacial score (nSPS) is 17.9. The van der Waals surface area contributed by atoms with Gasteiger partial charge in [0.2, 0.25) is 11.2 Å². The zero-order valence-electron chi connectivity index (χ0n) is 10.1. The highest BCUT2D eigenvalue weighted by Gasteiger charge is 2.16. The quantitative estimate of drug-likeness (QED) is 0.777. The second-order valence-electron chi connectivity index (χ2n) is 4.04. The van der Waals surface area contributed by atoms with Crippen molar-refractivity contribution in [3.05, 3.63) is 5.28 Å². The molecule has 2 rings (SSSR count). The number of aromatic nitrogens is 3. The Balaban J connectivity index is 2.17. The summed E-state index contributed by atoms with van der Waals surface area (Å²) >= 11 is 5.84. The molecule has 0 atom stereocenters. The van der Waals surface area contributed by atoms with Crippen LogP contribution >= 0.6 is 11.6 Å². The minimum atomic E-state index is 0.171. The summed E-state index contributed by atoms with van der Waals surface area (Å²) in [5.74, 6) is 0.595. The molecule has 17 heavy (non-hydrogen) atoms. The molecule has 1 aromatic heterocycles. The number of hydrogen-bond acceptors (Lipinski definition) is 6. The van der Waals surface area contributed by atoms with Gasteiger partial charge in [-0.05, 0) is 31.6 Å². The van der Waals surface area contributed by atoms with E-state index < -0.39 is 0 Å². The average molecular weight is 258 g/mol. The number of anilines is 1. The molecule has 0 aliphatic carbocycles. The Hall–Kier alpha value is -1.14. The van der Waals surface area contributed by atoms with E-state index in [1.54, 1.807) is 0 Å². The van der Waals surface area contributed by atoms with Crippen LogP contribution in [0.3, 0.4) is 0 Å². The van der Waals surface area contributed by atoms with Gasteiger partial charge in [0.1, 0.15) is 0 Å². The molecule has 1 aromatic rings. The van der Waals surface area contributed by atoms with Gasteiger partial charge in [-0.3, -0.25) is 0 Å². The third-order valence-electron chi connectivity index (χ3n) is 2.76. The van der Waals surface area contributed by atoms with Crippen molar-refractivity contribution >= 4 is 17.5 Å². The molecule has 6 nitrogen and oxygen atoms in total. The Kier molecular flexibility index (Phi) is 3.96. The van der Waals surface area contributed by atoms with E-state index in [2.05, 4.69) is 31.8 Å². The van der Waals surface area contributed by atoms with Crippen LogP contribution in [0.15, 0.2) is 0 Å². The van der Waals surface area contributed by atoms with E-state index in [0.29, 0.717) is 5.95 Å². The van der Waals surface area contributed by atoms with Crippen molar-refractivity contribution in [1.29, 1.82) is 0 Å². The zero-order valence-corrected chi connectivity index (χ0v) is 10.8. The third-order valence-corrected chi connectivity index (χ3v) is 2.93. The first kappa shape index (κ1) is 12.3. The first-order chi connectivity index (χ1) is 8.19. The van der Waals surface area contributed by atoms with Gasteiger partial charge in [0.05, 0.1) is 7.11 Å². The maximum atomic E-state index is 5.84. The number of rotatable bonds is 2. The van der Waals surface area contributed by atoms with Crippen LogP contribution in [-0.4, -0.2) is 60.2 Å². The van der Waals surface area contributed by atoms with E-state index in [1.807, 2.05) is 0 Å². The van der Waals surface area contributed by atoms with Crippen molar-refractivity contribution in [3.8, 4) is 6.01 Å². The summed E-state index contributed by atoms with van der Waals surface area (Å²) in [5.41, 5.74) is 0. The largest absolute Gasteiger partial charge is 0.467 e. The standard InChI is InChI=1S/C10H16ClN5O/c1-15-4-3-5-16(7-6-15)9-12-8(11)13-10(14-9)17-2/h3-7H2,1-2H3. The molecule has 0 N–H and O–H groups in total. The Morgan fingerprint density at radius 1 is 1.12 bits per heavy atom. The second-order valence-corrected chi connectivity index (χ2v) is 4.37. The van der Waals surface area contributed by atoms with Crippen LogP contribution in [-0.2, 0) is 0 Å². The van der Waals surface area contributed by atoms with Crippen LogP contribution in [0.2, 0.25) is 5.28 Å². The van der Waals surface area contributed by atoms with Crippen molar-refractivity contribution in [2.75, 3.05) is 45.2 Å². The van der Waals surface area contributed by atoms with Crippen LogP contribution in [0.4, 0.5) is 5.95 Å². The van der Waals surface area contributed by atoms with Gasteiger partial charge in [-0.25, -0.2) is 0 Å². The molecular weight excluding hydrogens is 242 g/mol. The Labute approximate surface area is 106 Å². The number of likely N-dealkylation sites (N-methyl/N-ethyl adjacent to an activating group) is 1. The van der Waals surface area contributed by atoms with Gasteiger partial charge in [0.15, 0.2) is 0 Å². The lowest BCUT2D eigenvalue weighted by molar-refractivity contribution is 0.359. The summed E-state index contributed by atoms with van der Waals surface area (Å²) in [6.07, 6.45) is 1.09. The monoisotopic (exact) mass is 257 g/mol. The van der Waals surface area contributed by atoms with Crippen molar-refractivity contribution in [2.45, 2.75) is 6.42 Å². The molecule has 1 saturated heterocycles. The van der Waals surface area contributed by atoms with Crippen molar-refractivity contribution in [1.82, 2.24) is 19.9 Å². The molecule has 0 spiro atoms. The van der Waals surface area contributed by atoms with Gasteiger partial charge in [-0.1, -0.05) is 0 Å². The summed E-state index contributed by atoms with van der Waals surface area (Å²) in [6, 6.07) is 0.262. The van der Waals surface area contributed by atoms with Crippen molar-refractivity contribution in [2.24, 2.45) is 0 Å². The highest BCUT2D eigenvalue weighted by molar-refractivity contribution is 6.28. The molecule has 0 amide bonds. The van der Waals surface area contributed by atoms with Gasteiger partial charge < -0.3 is 14.5 Å². The number of ether oxygens (including phenoxy) is 1. The molecule has 0 bridgehead atoms. The van der Waals surface area contributed by atoms with E-state index in [-0.39, 0.29) is 11.3 Å². The molecule has 0 saturated carbocycles. The Morgan fingerprint density at radius 3 is 2.71 bits per heavy atom. The average Bonchev–Trinajstić information content (AvgIpc) is 2.53. The summed E-state index contributed by atoms with van der Waals surface area (Å²) in [7, 11) is 3.64. The lowest BCUT2D eigenvalue weighted by atomic mass is 10.4. The first-order valence-electron chi connectivity index (χ1n) is 5.58. The fourth-order valence-electron chi connectivity index (χ4n) is 1.80. The van der Waals surface area contributed by atoms with Crippen LogP contribution in [0.1, 0.15) is 6.42 Å². The first-order valence-corrected chi connectivity index (χ1v) is 5.96. The fourth-order valence-corrected chi connectivity index (χ4v) is 1.95. The molecule has 1 fully saturated rings. The lowest BCUT2D eigenvalue weighted by Gasteiger charge is -2.20. The Bertz CT molecular complexity index is 389. The van der Waals surface area contributed by atoms with Crippen LogP contribution in [0.5, 0.6) is 6.01 Å². The Morgan fingerprint density at radius 2 is 1.94 bits per heavy atom. The molecule has 94 valence electrons. The topological polar surface area (TPSA) is 54.4 Å². The number of hydrogen-bond donors (Lipinski definition) is 0. The van der Waals surface area contributed by atoms with Gasteiger partial charge in [-0.2, -0.15) is 15.0 Å². The van der Waals surface area contributed by atoms with Crippen molar-refractivity contribution < 1.29 is 4.74 Å². The highest BCUT2D eigenvalue weighted by atomic mass is 35.5. The smallest absolute Gasteiger partial charge is 0.322 e. The summed E-state index contributed by atoms with van der Waals surface area (Å²) < 4.78 is 5.00. The SMILES string of the molecule is COc1nc(Cl)nc(N2CCCN(C)CC2)n1. The van der Waals surface area contributed by atoms with Crippen LogP contribution < -0.4 is 9.64 Å². The van der Waals surface area contributed by atoms with Crippen LogP contribution in [0, 0.1) is 0 Å². The molecular formula is C10H16ClN5O. The summed E-state index contributed by atoms with van der Waals surface area (Å²) in [5, 5.41) is 0.171. The van der Waals surface area contributed by atoms with E-state index in [4.69, 9.17) is 16.3 Å². The van der Waals surface area contributed by atoms with Crippen molar-refractivity contribution in [3.63, 3.8) is 0 Å². The van der Waals surface area contributed by atoms with Gasteiger partial charge in [0, 0.05) is 19.6 Å². The summed E-state index contributed by atoms with van der Waals surface area (Å²) in [6.45, 7) is 3.89. The van der Waals surface area contributed by atoms with Gasteiger partial charge in [0.25, 0.3) is 0 Å². The molecule has 1 aliphatic rings. The second kappa shape index (κ2) is 5.46. The maximum absolute atomic E-state index is 5.84. The van der Waals surface area contributed by atoms with Crippen LogP contribution in [0.25, 0.3) is 0 Å². The zero-order chi connectivity index (χ0) is 12.3. The molecule has 0 radical (unpaired) electrons. The molecule has 0 aromatic carbocycles. The molecule has 2 heterocycles. The minimum Gasteiger partial charge on any atom is -0.467 e. The van der Waals surface area contributed by atoms with Gasteiger partial charge >= 0.3 is 6.01 Å². The van der Waals surface area contributed by atoms with E-state index in [9.17, 15) is 0 Å². The van der Waals surface area contributed by atoms with E-state index in [1.165, 1.54) is 7.11 Å². The third kappa shape index (κ3) is 3.17. The molecule has 1 aliphatic heterocycles. The highest BCUT2D eigenvalue weighted by Crippen LogP contribution is 2.16. The molecule has 0 unspecified atom stereocenters. The predicted molar refractivity (Wildman–Crippen MR) is 65.7 cm³/mol. The minimum absolute atomic E-state index is 0.171. The summed E-state index contributed by atoms with van der Waals surface area (Å²) in [4.78, 5) is 16.6. The van der Waals surface area contributed by atoms with E-state index in [0.717, 1.165) is 32.6 Å². The number of nitrogens with zero attached hydrogens (tertiary/aromatic N) is 5. The number of halogens is 1. The van der Waals surface area contributed by atoms with E-state index >= 15 is 0 Å². The maximum Gasteiger partial charge on any atom is 0.322 e. The fraction of sp³-hybridized carbons (Fsp3) is 0.700. The number of methoxy groups -OCH3 is 1. The molecule has 7 heteroatoms. The lowest BCUT2D eigenvalue weighted by Crippen LogP contribution is -2.30. The van der Waals surface area contributed by atoms with Gasteiger partial charge in [-0.15, -0.1) is 0 Å². The predicted octanol–water partition coefficient (Wildman–Crippen LogP) is 0.675.